The summed E-state index contributed by atoms with van der Waals surface area (Å²) in [5.74, 6) is 1.34. The van der Waals surface area contributed by atoms with Gasteiger partial charge in [-0.05, 0) is 41.0 Å². The van der Waals surface area contributed by atoms with E-state index in [1.165, 1.54) is 0 Å². The Morgan fingerprint density at radius 2 is 1.62 bits per heavy atom. The maximum Gasteiger partial charge on any atom is 0.161 e. The van der Waals surface area contributed by atoms with Gasteiger partial charge in [0.05, 0.1) is 20.4 Å². The van der Waals surface area contributed by atoms with E-state index in [1.807, 2.05) is 42.6 Å². The van der Waals surface area contributed by atoms with Gasteiger partial charge in [0.2, 0.25) is 0 Å². The van der Waals surface area contributed by atoms with Crippen molar-refractivity contribution < 1.29 is 9.47 Å². The highest BCUT2D eigenvalue weighted by atomic mass is 16.5. The van der Waals surface area contributed by atoms with Gasteiger partial charge >= 0.3 is 0 Å². The Morgan fingerprint density at radius 1 is 0.846 bits per heavy atom. The Bertz CT molecular complexity index is 978. The van der Waals surface area contributed by atoms with E-state index in [9.17, 15) is 0 Å². The van der Waals surface area contributed by atoms with E-state index in [-0.39, 0.29) is 0 Å². The molecule has 1 aliphatic carbocycles. The maximum atomic E-state index is 5.32. The van der Waals surface area contributed by atoms with E-state index in [4.69, 9.17) is 9.47 Å². The van der Waals surface area contributed by atoms with E-state index in [2.05, 4.69) is 27.3 Å². The van der Waals surface area contributed by atoms with Gasteiger partial charge in [-0.15, -0.1) is 5.10 Å². The van der Waals surface area contributed by atoms with E-state index in [1.54, 1.807) is 26.6 Å². The van der Waals surface area contributed by atoms with Gasteiger partial charge in [0, 0.05) is 23.5 Å². The summed E-state index contributed by atoms with van der Waals surface area (Å²) >= 11 is 0. The average molecular weight is 343 g/mol. The number of nitrogens with zero attached hydrogens (tertiary/aromatic N) is 3. The van der Waals surface area contributed by atoms with E-state index < -0.39 is 0 Å². The second kappa shape index (κ2) is 6.80. The predicted octanol–water partition coefficient (Wildman–Crippen LogP) is 3.95. The van der Waals surface area contributed by atoms with Crippen molar-refractivity contribution >= 4 is 11.9 Å². The van der Waals surface area contributed by atoms with Crippen molar-refractivity contribution in [2.75, 3.05) is 14.2 Å². The lowest BCUT2D eigenvalue weighted by Gasteiger charge is -2.07. The topological polar surface area (TPSA) is 56.1 Å². The highest BCUT2D eigenvalue weighted by Crippen LogP contribution is 2.36. The molecule has 26 heavy (non-hydrogen) atoms. The number of hydrogen-bond acceptors (Lipinski definition) is 5. The fourth-order valence-corrected chi connectivity index (χ4v) is 3.08. The van der Waals surface area contributed by atoms with Crippen molar-refractivity contribution in [2.45, 2.75) is 0 Å². The normalized spacial score (nSPS) is 13.7. The van der Waals surface area contributed by atoms with Crippen molar-refractivity contribution in [2.24, 2.45) is 10.2 Å². The van der Waals surface area contributed by atoms with Gasteiger partial charge in [0.1, 0.15) is 5.71 Å². The highest BCUT2D eigenvalue weighted by Gasteiger charge is 2.24. The number of fused-ring (bicyclic) bond motifs is 3. The molecule has 0 aliphatic heterocycles. The number of aromatic nitrogens is 1. The van der Waals surface area contributed by atoms with Crippen LogP contribution in [-0.4, -0.2) is 31.1 Å². The summed E-state index contributed by atoms with van der Waals surface area (Å²) in [6.45, 7) is 0. The molecule has 0 spiro atoms. The summed E-state index contributed by atoms with van der Waals surface area (Å²) < 4.78 is 10.6. The Hall–Kier alpha value is -3.47. The molecule has 0 bridgehead atoms. The lowest BCUT2D eigenvalue weighted by atomic mass is 10.1. The number of benzene rings is 2. The van der Waals surface area contributed by atoms with Gasteiger partial charge in [0.15, 0.2) is 11.5 Å². The molecule has 0 saturated carbocycles. The molecule has 128 valence electrons. The third-order valence-electron chi connectivity index (χ3n) is 4.32. The molecule has 5 nitrogen and oxygen atoms in total. The first-order valence-corrected chi connectivity index (χ1v) is 8.19. The molecule has 5 heteroatoms. The molecule has 1 heterocycles. The summed E-state index contributed by atoms with van der Waals surface area (Å²) in [6.07, 6.45) is 5.33. The van der Waals surface area contributed by atoms with Gasteiger partial charge in [-0.25, -0.2) is 0 Å². The second-order valence-corrected chi connectivity index (χ2v) is 5.77. The van der Waals surface area contributed by atoms with Crippen LogP contribution in [0.5, 0.6) is 11.5 Å². The zero-order valence-electron chi connectivity index (χ0n) is 14.5. The molecular formula is C21H17N3O2. The first kappa shape index (κ1) is 16.0. The molecule has 0 saturated heterocycles. The van der Waals surface area contributed by atoms with Gasteiger partial charge < -0.3 is 9.47 Å². The molecule has 1 aromatic heterocycles. The van der Waals surface area contributed by atoms with Crippen molar-refractivity contribution in [3.05, 3.63) is 77.6 Å². The van der Waals surface area contributed by atoms with E-state index in [0.29, 0.717) is 11.5 Å². The van der Waals surface area contributed by atoms with Crippen LogP contribution in [0.1, 0.15) is 16.7 Å². The molecule has 0 N–H and O–H groups in total. The Kier molecular flexibility index (Phi) is 4.19. The predicted molar refractivity (Wildman–Crippen MR) is 102 cm³/mol. The zero-order chi connectivity index (χ0) is 17.9. The van der Waals surface area contributed by atoms with Crippen LogP contribution in [0.25, 0.3) is 11.1 Å². The van der Waals surface area contributed by atoms with Crippen LogP contribution in [0.2, 0.25) is 0 Å². The van der Waals surface area contributed by atoms with Crippen LogP contribution in [0.4, 0.5) is 0 Å². The Balaban J connectivity index is 1.70. The van der Waals surface area contributed by atoms with Gasteiger partial charge in [-0.1, -0.05) is 24.3 Å². The summed E-state index contributed by atoms with van der Waals surface area (Å²) in [6, 6.07) is 15.8. The van der Waals surface area contributed by atoms with Crippen LogP contribution in [0.3, 0.4) is 0 Å². The maximum absolute atomic E-state index is 5.32. The number of hydrogen-bond donors (Lipinski definition) is 0. The fourth-order valence-electron chi connectivity index (χ4n) is 3.08. The van der Waals surface area contributed by atoms with Crippen LogP contribution >= 0.6 is 0 Å². The van der Waals surface area contributed by atoms with Gasteiger partial charge in [-0.2, -0.15) is 5.10 Å². The molecule has 1 aliphatic rings. The summed E-state index contributed by atoms with van der Waals surface area (Å²) in [4.78, 5) is 4.23. The first-order valence-electron chi connectivity index (χ1n) is 8.19. The second-order valence-electron chi connectivity index (χ2n) is 5.77. The lowest BCUT2D eigenvalue weighted by Crippen LogP contribution is -1.98. The number of rotatable bonds is 4. The third kappa shape index (κ3) is 2.73. The molecule has 4 rings (SSSR count). The minimum Gasteiger partial charge on any atom is -0.493 e. The van der Waals surface area contributed by atoms with Crippen LogP contribution in [0, 0.1) is 0 Å². The summed E-state index contributed by atoms with van der Waals surface area (Å²) in [5, 5.41) is 8.76. The molecule has 2 aromatic carbocycles. The quantitative estimate of drug-likeness (QED) is 0.416. The van der Waals surface area contributed by atoms with Crippen molar-refractivity contribution in [3.8, 4) is 22.6 Å². The SMILES string of the molecule is COc1ccc(/C=N/N=C2/c3ccccc3-c3ccncc32)cc1OC. The van der Waals surface area contributed by atoms with E-state index in [0.717, 1.165) is 33.5 Å². The monoisotopic (exact) mass is 343 g/mol. The average Bonchev–Trinajstić information content (AvgIpc) is 3.02. The number of ether oxygens (including phenoxy) is 2. The summed E-state index contributed by atoms with van der Waals surface area (Å²) in [5.41, 5.74) is 6.07. The number of pyridine rings is 1. The third-order valence-corrected chi connectivity index (χ3v) is 4.32. The highest BCUT2D eigenvalue weighted by molar-refractivity contribution is 6.24. The molecular weight excluding hydrogens is 326 g/mol. The molecule has 3 aromatic rings. The zero-order valence-corrected chi connectivity index (χ0v) is 14.5. The van der Waals surface area contributed by atoms with Crippen LogP contribution in [0.15, 0.2) is 71.1 Å². The largest absolute Gasteiger partial charge is 0.493 e. The fraction of sp³-hybridized carbons (Fsp3) is 0.0952. The van der Waals surface area contributed by atoms with E-state index >= 15 is 0 Å². The van der Waals surface area contributed by atoms with Crippen molar-refractivity contribution in [3.63, 3.8) is 0 Å². The smallest absolute Gasteiger partial charge is 0.161 e. The van der Waals surface area contributed by atoms with Gasteiger partial charge in [0.25, 0.3) is 0 Å². The first-order chi connectivity index (χ1) is 12.8. The molecule has 0 unspecified atom stereocenters. The molecule has 0 atom stereocenters. The number of methoxy groups -OCH3 is 2. The van der Waals surface area contributed by atoms with Gasteiger partial charge in [-0.3, -0.25) is 4.98 Å². The Labute approximate surface area is 151 Å². The Morgan fingerprint density at radius 3 is 2.42 bits per heavy atom. The minimum absolute atomic E-state index is 0.657. The molecule has 0 amide bonds. The van der Waals surface area contributed by atoms with Crippen LogP contribution in [-0.2, 0) is 0 Å². The van der Waals surface area contributed by atoms with Crippen LogP contribution < -0.4 is 9.47 Å². The molecule has 0 fully saturated rings. The van der Waals surface area contributed by atoms with Crippen molar-refractivity contribution in [1.29, 1.82) is 0 Å². The lowest BCUT2D eigenvalue weighted by molar-refractivity contribution is 0.355. The summed E-state index contributed by atoms with van der Waals surface area (Å²) in [7, 11) is 3.22. The standard InChI is InChI=1S/C21H17N3O2/c1-25-19-8-7-14(11-20(19)26-2)12-23-24-21-17-6-4-3-5-15(17)16-9-10-22-13-18(16)21/h3-13H,1-2H3/b23-12+,24-21-. The molecule has 0 radical (unpaired) electrons. The minimum atomic E-state index is 0.657. The van der Waals surface area contributed by atoms with Crippen molar-refractivity contribution in [1.82, 2.24) is 4.98 Å².